The molecule has 15 nitrogen and oxygen atoms in total. The van der Waals surface area contributed by atoms with Crippen LogP contribution in [0.3, 0.4) is 0 Å². The normalized spacial score (nSPS) is 14.3. The molecule has 5 aromatic rings. The van der Waals surface area contributed by atoms with Crippen molar-refractivity contribution in [1.82, 2.24) is 29.5 Å². The summed E-state index contributed by atoms with van der Waals surface area (Å²) in [4.78, 5) is 33.9. The van der Waals surface area contributed by atoms with Gasteiger partial charge in [0.1, 0.15) is 40.5 Å². The fourth-order valence-electron chi connectivity index (χ4n) is 5.83. The van der Waals surface area contributed by atoms with Gasteiger partial charge in [0.2, 0.25) is 17.7 Å². The molecule has 0 aliphatic carbocycles. The van der Waals surface area contributed by atoms with Gasteiger partial charge in [-0.3, -0.25) is 15.0 Å². The lowest BCUT2D eigenvalue weighted by Crippen LogP contribution is -2.41. The molecule has 18 heteroatoms. The van der Waals surface area contributed by atoms with E-state index in [9.17, 15) is 18.4 Å². The summed E-state index contributed by atoms with van der Waals surface area (Å²) in [6, 6.07) is 12.8. The molecule has 6 N–H and O–H groups in total. The quantitative estimate of drug-likeness (QED) is 0.0684. The number of nitrogens with two attached hydrogens (primary N) is 2. The highest BCUT2D eigenvalue weighted by molar-refractivity contribution is 6.19. The van der Waals surface area contributed by atoms with Gasteiger partial charge in [0.25, 0.3) is 0 Å². The van der Waals surface area contributed by atoms with Crippen molar-refractivity contribution >= 4 is 41.8 Å². The summed E-state index contributed by atoms with van der Waals surface area (Å²) in [5.74, 6) is -1.08. The molecule has 3 aromatic heterocycles. The largest absolute Gasteiger partial charge is 0.481 e. The number of esters is 1. The Morgan fingerprint density at radius 2 is 1.45 bits per heavy atom. The molecule has 1 aliphatic heterocycles. The lowest BCUT2D eigenvalue weighted by Gasteiger charge is -2.20. The molecule has 0 saturated heterocycles. The van der Waals surface area contributed by atoms with E-state index in [2.05, 4.69) is 25.5 Å². The zero-order valence-electron chi connectivity index (χ0n) is 29.8. The Morgan fingerprint density at radius 1 is 0.925 bits per heavy atom. The second-order valence-electron chi connectivity index (χ2n) is 11.8. The number of carbonyl (C=O) groups is 2. The number of fused-ring (bicyclic) bond motifs is 1. The van der Waals surface area contributed by atoms with Crippen molar-refractivity contribution < 1.29 is 32.6 Å². The number of halogens is 3. The van der Waals surface area contributed by atoms with E-state index in [0.717, 1.165) is 0 Å². The minimum Gasteiger partial charge on any atom is -0.481 e. The second kappa shape index (κ2) is 16.1. The smallest absolute Gasteiger partial charge is 0.326 e. The Balaban J connectivity index is 0.000000267. The van der Waals surface area contributed by atoms with E-state index in [0.29, 0.717) is 45.4 Å². The van der Waals surface area contributed by atoms with Crippen molar-refractivity contribution in [2.45, 2.75) is 46.2 Å². The number of aromatic nitrogens is 6. The van der Waals surface area contributed by atoms with Crippen LogP contribution in [0.5, 0.6) is 11.8 Å². The Hall–Kier alpha value is -6.10. The van der Waals surface area contributed by atoms with Crippen molar-refractivity contribution in [3.8, 4) is 23.3 Å². The number of rotatable bonds is 10. The number of nitrogen functional groups attached to an aromatic ring is 2. The number of amidine groups is 1. The van der Waals surface area contributed by atoms with Crippen molar-refractivity contribution in [1.29, 1.82) is 5.41 Å². The van der Waals surface area contributed by atoms with Crippen LogP contribution < -0.4 is 26.3 Å². The van der Waals surface area contributed by atoms with Crippen LogP contribution in [0.25, 0.3) is 11.5 Å². The molecule has 6 rings (SSSR count). The highest BCUT2D eigenvalue weighted by Gasteiger charge is 2.53. The fraction of sp³-hybridized carbons (Fsp3) is 0.286. The molecule has 0 saturated carbocycles. The zero-order chi connectivity index (χ0) is 37.9. The molecule has 1 unspecified atom stereocenters. The molecule has 0 bridgehead atoms. The lowest BCUT2D eigenvalue weighted by molar-refractivity contribution is -0.152. The lowest BCUT2D eigenvalue weighted by atomic mass is 9.84. The minimum absolute atomic E-state index is 0. The van der Waals surface area contributed by atoms with E-state index in [1.807, 2.05) is 0 Å². The molecule has 2 aromatic carbocycles. The van der Waals surface area contributed by atoms with Gasteiger partial charge in [-0.05, 0) is 39.8 Å². The van der Waals surface area contributed by atoms with Crippen LogP contribution in [-0.2, 0) is 32.8 Å². The number of nitrogens with zero attached hydrogens (tertiary/aromatic N) is 6. The van der Waals surface area contributed by atoms with Crippen LogP contribution >= 0.6 is 12.4 Å². The highest BCUT2D eigenvalue weighted by Crippen LogP contribution is 2.42. The monoisotopic (exact) mass is 752 g/mol. The van der Waals surface area contributed by atoms with Crippen molar-refractivity contribution in [2.24, 2.45) is 5.73 Å². The van der Waals surface area contributed by atoms with Crippen LogP contribution in [0, 0.1) is 30.9 Å². The maximum absolute atomic E-state index is 14.2. The van der Waals surface area contributed by atoms with Crippen molar-refractivity contribution in [2.75, 3.05) is 31.9 Å². The van der Waals surface area contributed by atoms with Gasteiger partial charge in [-0.15, -0.1) is 12.4 Å². The number of hydrogen-bond donors (Lipinski definition) is 4. The third-order valence-corrected chi connectivity index (χ3v) is 8.48. The van der Waals surface area contributed by atoms with Gasteiger partial charge in [0, 0.05) is 22.3 Å². The third kappa shape index (κ3) is 7.46. The average Bonchev–Trinajstić information content (AvgIpc) is 3.70. The first-order valence-electron chi connectivity index (χ1n) is 16.0. The molecule has 1 amide bonds. The predicted octanol–water partition coefficient (Wildman–Crippen LogP) is 4.29. The molecular weight excluding hydrogens is 714 g/mol. The van der Waals surface area contributed by atoms with Gasteiger partial charge in [-0.25, -0.2) is 28.1 Å². The standard InChI is InChI=1S/C22H23FN6O4.C13H15FN4O.ClH/c1-5-33-21(31)22(3)14-16(24)25-18(26-17(14)27-20(22)30)15-11(2)19(32-4)29(28-15)10-12-8-6-7-9-13(12)23;1-8-11(12(15)16)17-18(13(8)19-2)7-9-5-3-4-6-10(9)14;/h6-9H,5,10H2,1-4H3,(H3,24,25,26,27,30);3-6H,7H2,1-2H3,(H3,15,16);1H. The minimum atomic E-state index is -1.66. The Kier molecular flexibility index (Phi) is 12.0. The van der Waals surface area contributed by atoms with E-state index in [1.54, 1.807) is 57.2 Å². The number of ether oxygens (including phenoxy) is 3. The molecule has 0 radical (unpaired) electrons. The molecule has 4 heterocycles. The van der Waals surface area contributed by atoms with Crippen molar-refractivity contribution in [3.05, 3.63) is 93.7 Å². The number of carbonyl (C=O) groups excluding carboxylic acids is 2. The van der Waals surface area contributed by atoms with Crippen LogP contribution in [0.2, 0.25) is 0 Å². The van der Waals surface area contributed by atoms with Gasteiger partial charge in [0.15, 0.2) is 11.2 Å². The van der Waals surface area contributed by atoms with E-state index in [4.69, 9.17) is 31.1 Å². The average molecular weight is 753 g/mol. The molecule has 0 spiro atoms. The zero-order valence-corrected chi connectivity index (χ0v) is 30.6. The maximum atomic E-state index is 14.2. The highest BCUT2D eigenvalue weighted by atomic mass is 35.5. The summed E-state index contributed by atoms with van der Waals surface area (Å²) in [5, 5.41) is 18.8. The summed E-state index contributed by atoms with van der Waals surface area (Å²) in [6.07, 6.45) is 0. The van der Waals surface area contributed by atoms with Crippen LogP contribution in [-0.4, -0.2) is 68.1 Å². The molecular formula is C35H39ClF2N10O5. The number of methoxy groups -OCH3 is 2. The Morgan fingerprint density at radius 3 is 1.96 bits per heavy atom. The van der Waals surface area contributed by atoms with Gasteiger partial charge < -0.3 is 31.0 Å². The Labute approximate surface area is 309 Å². The molecule has 1 aliphatic rings. The number of nitrogens with one attached hydrogen (secondary N) is 2. The van der Waals surface area contributed by atoms with Crippen LogP contribution in [0.4, 0.5) is 20.4 Å². The molecule has 53 heavy (non-hydrogen) atoms. The SMILES string of the molecule is CCOC(=O)C1(C)C(=O)Nc2nc(-c3nn(Cc4ccccc4F)c(OC)c3C)nc(N)c21.COc1c(C)c(C(=N)N)nn1Cc1ccccc1F.Cl. The number of anilines is 2. The first-order valence-corrected chi connectivity index (χ1v) is 16.0. The van der Waals surface area contributed by atoms with Gasteiger partial charge in [-0.2, -0.15) is 10.2 Å². The predicted molar refractivity (Wildman–Crippen MR) is 194 cm³/mol. The summed E-state index contributed by atoms with van der Waals surface area (Å²) in [5.41, 5.74) is 13.0. The molecule has 280 valence electrons. The second-order valence-corrected chi connectivity index (χ2v) is 11.8. The summed E-state index contributed by atoms with van der Waals surface area (Å²) in [6.45, 7) is 7.04. The summed E-state index contributed by atoms with van der Waals surface area (Å²) < 4.78 is 46.6. The van der Waals surface area contributed by atoms with Crippen LogP contribution in [0.15, 0.2) is 48.5 Å². The van der Waals surface area contributed by atoms with Crippen molar-refractivity contribution in [3.63, 3.8) is 0 Å². The topological polar surface area (TPSA) is 211 Å². The van der Waals surface area contributed by atoms with E-state index < -0.39 is 17.3 Å². The van der Waals surface area contributed by atoms with E-state index in [1.165, 1.54) is 42.6 Å². The summed E-state index contributed by atoms with van der Waals surface area (Å²) in [7, 11) is 2.99. The Bertz CT molecular complexity index is 2190. The molecule has 0 fully saturated rings. The maximum Gasteiger partial charge on any atom is 0.326 e. The van der Waals surface area contributed by atoms with Gasteiger partial charge in [-0.1, -0.05) is 36.4 Å². The molecule has 1 atom stereocenters. The number of hydrogen-bond acceptors (Lipinski definition) is 11. The van der Waals surface area contributed by atoms with Crippen LogP contribution in [0.1, 0.15) is 47.4 Å². The van der Waals surface area contributed by atoms with E-state index >= 15 is 0 Å². The van der Waals surface area contributed by atoms with Gasteiger partial charge >= 0.3 is 5.97 Å². The fourth-order valence-corrected chi connectivity index (χ4v) is 5.83. The third-order valence-electron chi connectivity index (χ3n) is 8.48. The number of amides is 1. The first kappa shape index (κ1) is 39.7. The first-order chi connectivity index (χ1) is 24.8. The summed E-state index contributed by atoms with van der Waals surface area (Å²) >= 11 is 0. The van der Waals surface area contributed by atoms with E-state index in [-0.39, 0.29) is 72.6 Å². The number of benzene rings is 2. The van der Waals surface area contributed by atoms with Gasteiger partial charge in [0.05, 0.1) is 39.5 Å².